The molecule has 0 bridgehead atoms. The zero-order valence-corrected chi connectivity index (χ0v) is 19.1. The minimum absolute atomic E-state index is 0.00199. The number of benzene rings is 3. The first-order valence-corrected chi connectivity index (χ1v) is 11.9. The zero-order chi connectivity index (χ0) is 23.8. The molecule has 1 aromatic heterocycles. The Kier molecular flexibility index (Phi) is 6.01. The maximum absolute atomic E-state index is 13.2. The largest absolute Gasteiger partial charge is 0.502 e. The van der Waals surface area contributed by atoms with E-state index in [0.717, 1.165) is 5.56 Å². The monoisotopic (exact) mass is 468 g/mol. The summed E-state index contributed by atoms with van der Waals surface area (Å²) < 4.78 is 37.8. The maximum Gasteiger partial charge on any atom is 0.200 e. The lowest BCUT2D eigenvalue weighted by atomic mass is 10.1. The fraction of sp³-hybridized carbons (Fsp3) is 0.208. The van der Waals surface area contributed by atoms with Gasteiger partial charge in [0.1, 0.15) is 0 Å². The Bertz CT molecular complexity index is 1500. The fourth-order valence-electron chi connectivity index (χ4n) is 3.96. The number of fused-ring (bicyclic) bond motifs is 2. The summed E-state index contributed by atoms with van der Waals surface area (Å²) in [5.74, 6) is 0.173. The van der Waals surface area contributed by atoms with Crippen molar-refractivity contribution in [3.63, 3.8) is 0 Å². The topological polar surface area (TPSA) is 121 Å². The molecule has 33 heavy (non-hydrogen) atoms. The van der Waals surface area contributed by atoms with E-state index < -0.39 is 9.84 Å². The maximum atomic E-state index is 13.2. The molecule has 1 heterocycles. The summed E-state index contributed by atoms with van der Waals surface area (Å²) >= 11 is 0. The third-order valence-corrected chi connectivity index (χ3v) is 7.32. The van der Waals surface area contributed by atoms with E-state index in [9.17, 15) is 18.3 Å². The highest BCUT2D eigenvalue weighted by Crippen LogP contribution is 2.37. The average molecular weight is 469 g/mol. The highest BCUT2D eigenvalue weighted by atomic mass is 32.2. The molecule has 0 fully saturated rings. The van der Waals surface area contributed by atoms with Crippen molar-refractivity contribution in [1.82, 2.24) is 4.57 Å². The lowest BCUT2D eigenvalue weighted by Crippen LogP contribution is -2.17. The molecule has 0 spiro atoms. The normalized spacial score (nSPS) is 11.7. The van der Waals surface area contributed by atoms with Crippen molar-refractivity contribution in [3.05, 3.63) is 70.4 Å². The van der Waals surface area contributed by atoms with Gasteiger partial charge in [0.05, 0.1) is 35.9 Å². The van der Waals surface area contributed by atoms with E-state index in [1.165, 1.54) is 26.4 Å². The number of rotatable bonds is 7. The van der Waals surface area contributed by atoms with Crippen LogP contribution in [0.1, 0.15) is 5.56 Å². The minimum Gasteiger partial charge on any atom is -0.502 e. The van der Waals surface area contributed by atoms with Gasteiger partial charge in [-0.2, -0.15) is 0 Å². The molecule has 4 aromatic rings. The van der Waals surface area contributed by atoms with Crippen molar-refractivity contribution in [2.45, 2.75) is 11.4 Å². The van der Waals surface area contributed by atoms with Gasteiger partial charge in [-0.25, -0.2) is 8.42 Å². The summed E-state index contributed by atoms with van der Waals surface area (Å²) in [6.07, 6.45) is 0. The van der Waals surface area contributed by atoms with Crippen molar-refractivity contribution in [3.8, 4) is 17.2 Å². The van der Waals surface area contributed by atoms with Crippen LogP contribution in [-0.4, -0.2) is 44.6 Å². The van der Waals surface area contributed by atoms with Gasteiger partial charge in [0, 0.05) is 23.9 Å². The number of ether oxygens (including phenoxy) is 2. The van der Waals surface area contributed by atoms with E-state index in [2.05, 4.69) is 0 Å². The highest BCUT2D eigenvalue weighted by Gasteiger charge is 2.18. The molecule has 0 atom stereocenters. The van der Waals surface area contributed by atoms with Gasteiger partial charge in [-0.15, -0.1) is 0 Å². The van der Waals surface area contributed by atoms with Crippen molar-refractivity contribution in [2.24, 2.45) is 5.73 Å². The summed E-state index contributed by atoms with van der Waals surface area (Å²) in [5.41, 5.74) is 7.15. The Morgan fingerprint density at radius 1 is 0.939 bits per heavy atom. The standard InChI is InChI=1S/C24H24N2O6S/c1-31-21-11-15(12-22(32-2)24(21)28)14-26-19-6-4-3-5-17(19)23(27)18-8-7-16(13-20(18)26)33(29,30)10-9-25/h3-8,11-13,28H,9-10,14,25H2,1-2H3. The SMILES string of the molecule is COc1cc(Cn2c3ccccc3c(=O)c3ccc(S(=O)(=O)CCN)cc32)cc(OC)c1O. The van der Waals surface area contributed by atoms with Gasteiger partial charge in [-0.3, -0.25) is 4.79 Å². The molecule has 0 aliphatic rings. The van der Waals surface area contributed by atoms with Crippen LogP contribution in [0.25, 0.3) is 21.8 Å². The second-order valence-electron chi connectivity index (χ2n) is 7.57. The predicted molar refractivity (Wildman–Crippen MR) is 127 cm³/mol. The quantitative estimate of drug-likeness (QED) is 0.400. The van der Waals surface area contributed by atoms with Gasteiger partial charge in [-0.05, 0) is 48.0 Å². The van der Waals surface area contributed by atoms with Gasteiger partial charge in [0.25, 0.3) is 0 Å². The fourth-order valence-corrected chi connectivity index (χ4v) is 5.07. The number of pyridine rings is 1. The molecule has 0 saturated carbocycles. The number of hydrogen-bond donors (Lipinski definition) is 2. The molecule has 0 radical (unpaired) electrons. The molecule has 4 rings (SSSR count). The molecule has 8 nitrogen and oxygen atoms in total. The van der Waals surface area contributed by atoms with E-state index in [4.69, 9.17) is 15.2 Å². The molecule has 172 valence electrons. The first-order valence-electron chi connectivity index (χ1n) is 10.2. The lowest BCUT2D eigenvalue weighted by molar-refractivity contribution is 0.339. The number of phenols is 1. The molecule has 3 aromatic carbocycles. The Balaban J connectivity index is 2.03. The van der Waals surface area contributed by atoms with Crippen molar-refractivity contribution in [2.75, 3.05) is 26.5 Å². The van der Waals surface area contributed by atoms with Crippen LogP contribution in [0.3, 0.4) is 0 Å². The van der Waals surface area contributed by atoms with Crippen molar-refractivity contribution >= 4 is 31.6 Å². The average Bonchev–Trinajstić information content (AvgIpc) is 2.82. The van der Waals surface area contributed by atoms with Crippen LogP contribution in [0, 0.1) is 0 Å². The number of nitrogens with two attached hydrogens (primary N) is 1. The number of hydrogen-bond acceptors (Lipinski definition) is 7. The van der Waals surface area contributed by atoms with Crippen LogP contribution < -0.4 is 20.6 Å². The summed E-state index contributed by atoms with van der Waals surface area (Å²) in [7, 11) is -0.715. The number of sulfone groups is 1. The first-order chi connectivity index (χ1) is 15.8. The number of aromatic hydroxyl groups is 1. The second-order valence-corrected chi connectivity index (χ2v) is 9.68. The summed E-state index contributed by atoms with van der Waals surface area (Å²) in [6, 6.07) is 15.0. The highest BCUT2D eigenvalue weighted by molar-refractivity contribution is 7.91. The molecule has 0 aliphatic carbocycles. The zero-order valence-electron chi connectivity index (χ0n) is 18.2. The van der Waals surface area contributed by atoms with Gasteiger partial charge >= 0.3 is 0 Å². The third-order valence-electron chi connectivity index (χ3n) is 5.57. The number of aromatic nitrogens is 1. The van der Waals surface area contributed by atoms with E-state index in [-0.39, 0.29) is 46.4 Å². The molecular weight excluding hydrogens is 444 g/mol. The van der Waals surface area contributed by atoms with E-state index >= 15 is 0 Å². The molecule has 9 heteroatoms. The number of methoxy groups -OCH3 is 2. The molecule has 0 amide bonds. The van der Waals surface area contributed by atoms with Crippen LogP contribution in [0.4, 0.5) is 0 Å². The summed E-state index contributed by atoms with van der Waals surface area (Å²) in [5, 5.41) is 11.2. The Labute approximate surface area is 190 Å². The van der Waals surface area contributed by atoms with Crippen LogP contribution in [0.2, 0.25) is 0 Å². The number of para-hydroxylation sites is 1. The van der Waals surface area contributed by atoms with Crippen LogP contribution in [-0.2, 0) is 16.4 Å². The Morgan fingerprint density at radius 2 is 1.58 bits per heavy atom. The van der Waals surface area contributed by atoms with Gasteiger partial charge in [0.15, 0.2) is 26.8 Å². The Hall–Kier alpha value is -3.56. The third kappa shape index (κ3) is 4.01. The molecule has 3 N–H and O–H groups in total. The molecular formula is C24H24N2O6S. The lowest BCUT2D eigenvalue weighted by Gasteiger charge is -2.18. The summed E-state index contributed by atoms with van der Waals surface area (Å²) in [4.78, 5) is 13.3. The molecule has 0 unspecified atom stereocenters. The van der Waals surface area contributed by atoms with Crippen molar-refractivity contribution < 1.29 is 23.0 Å². The predicted octanol–water partition coefficient (Wildman–Crippen LogP) is 2.66. The van der Waals surface area contributed by atoms with E-state index in [0.29, 0.717) is 21.8 Å². The van der Waals surface area contributed by atoms with E-state index in [1.54, 1.807) is 30.3 Å². The van der Waals surface area contributed by atoms with Gasteiger partial charge < -0.3 is 24.9 Å². The first kappa shape index (κ1) is 22.6. The minimum atomic E-state index is -3.60. The summed E-state index contributed by atoms with van der Waals surface area (Å²) in [6.45, 7) is 0.267. The van der Waals surface area contributed by atoms with Crippen molar-refractivity contribution in [1.29, 1.82) is 0 Å². The van der Waals surface area contributed by atoms with Gasteiger partial charge in [-0.1, -0.05) is 12.1 Å². The van der Waals surface area contributed by atoms with Gasteiger partial charge in [0.2, 0.25) is 5.75 Å². The number of phenolic OH excluding ortho intramolecular Hbond substituents is 1. The molecule has 0 saturated heterocycles. The second kappa shape index (κ2) is 8.76. The number of nitrogens with zero attached hydrogens (tertiary/aromatic N) is 1. The van der Waals surface area contributed by atoms with Crippen LogP contribution in [0.5, 0.6) is 17.2 Å². The molecule has 0 aliphatic heterocycles. The van der Waals surface area contributed by atoms with E-state index in [1.807, 2.05) is 16.7 Å². The Morgan fingerprint density at radius 3 is 2.21 bits per heavy atom. The smallest absolute Gasteiger partial charge is 0.200 e. The van der Waals surface area contributed by atoms with Crippen LogP contribution >= 0.6 is 0 Å². The van der Waals surface area contributed by atoms with Crippen LogP contribution in [0.15, 0.2) is 64.3 Å².